The minimum Gasteiger partial charge on any atom is -0.323 e. The SMILES string of the molecule is CC(CCS(C)=O)N1C(=O)C(c2ccccc2)NC1C. The first kappa shape index (κ1) is 15.2. The van der Waals surface area contributed by atoms with Crippen molar-refractivity contribution in [3.63, 3.8) is 0 Å². The molecule has 0 spiro atoms. The van der Waals surface area contributed by atoms with Crippen molar-refractivity contribution in [1.82, 2.24) is 10.2 Å². The second kappa shape index (κ2) is 6.50. The Morgan fingerprint density at radius 1 is 1.35 bits per heavy atom. The van der Waals surface area contributed by atoms with Crippen molar-refractivity contribution < 1.29 is 9.00 Å². The summed E-state index contributed by atoms with van der Waals surface area (Å²) < 4.78 is 11.2. The third kappa shape index (κ3) is 3.27. The van der Waals surface area contributed by atoms with Crippen molar-refractivity contribution in [2.75, 3.05) is 12.0 Å². The highest BCUT2D eigenvalue weighted by Gasteiger charge is 2.39. The highest BCUT2D eigenvalue weighted by Crippen LogP contribution is 2.26. The van der Waals surface area contributed by atoms with Gasteiger partial charge in [0.05, 0.1) is 6.17 Å². The predicted octanol–water partition coefficient (Wildman–Crippen LogP) is 1.66. The molecule has 0 radical (unpaired) electrons. The largest absolute Gasteiger partial charge is 0.323 e. The van der Waals surface area contributed by atoms with Gasteiger partial charge in [0.15, 0.2) is 0 Å². The van der Waals surface area contributed by atoms with Gasteiger partial charge >= 0.3 is 0 Å². The van der Waals surface area contributed by atoms with Crippen LogP contribution in [0.4, 0.5) is 0 Å². The van der Waals surface area contributed by atoms with Gasteiger partial charge in [-0.25, -0.2) is 0 Å². The molecule has 20 heavy (non-hydrogen) atoms. The lowest BCUT2D eigenvalue weighted by Crippen LogP contribution is -2.42. The topological polar surface area (TPSA) is 49.4 Å². The van der Waals surface area contributed by atoms with Gasteiger partial charge in [0, 0.05) is 28.9 Å². The van der Waals surface area contributed by atoms with Crippen LogP contribution >= 0.6 is 0 Å². The molecule has 1 aliphatic heterocycles. The molecule has 1 saturated heterocycles. The fourth-order valence-corrected chi connectivity index (χ4v) is 3.36. The Balaban J connectivity index is 2.09. The molecular weight excluding hydrogens is 272 g/mol. The Labute approximate surface area is 123 Å². The van der Waals surface area contributed by atoms with Crippen LogP contribution in [0.1, 0.15) is 31.9 Å². The van der Waals surface area contributed by atoms with E-state index in [-0.39, 0.29) is 24.2 Å². The molecule has 1 heterocycles. The lowest BCUT2D eigenvalue weighted by Gasteiger charge is -2.28. The summed E-state index contributed by atoms with van der Waals surface area (Å²) in [4.78, 5) is 14.5. The average molecular weight is 294 g/mol. The van der Waals surface area contributed by atoms with Gasteiger partial charge in [-0.05, 0) is 25.8 Å². The third-order valence-electron chi connectivity index (χ3n) is 3.76. The molecule has 0 saturated carbocycles. The van der Waals surface area contributed by atoms with Gasteiger partial charge in [-0.15, -0.1) is 0 Å². The molecule has 1 fully saturated rings. The molecule has 1 aliphatic rings. The molecule has 1 aromatic rings. The maximum atomic E-state index is 12.6. The van der Waals surface area contributed by atoms with Crippen LogP contribution in [-0.4, -0.2) is 39.2 Å². The molecule has 5 heteroatoms. The van der Waals surface area contributed by atoms with E-state index in [2.05, 4.69) is 5.32 Å². The highest BCUT2D eigenvalue weighted by molar-refractivity contribution is 7.84. The van der Waals surface area contributed by atoms with Crippen molar-refractivity contribution in [3.05, 3.63) is 35.9 Å². The van der Waals surface area contributed by atoms with E-state index in [9.17, 15) is 9.00 Å². The normalized spacial score (nSPS) is 25.8. The fraction of sp³-hybridized carbons (Fsp3) is 0.533. The van der Waals surface area contributed by atoms with Crippen LogP contribution < -0.4 is 5.32 Å². The summed E-state index contributed by atoms with van der Waals surface area (Å²) in [5.41, 5.74) is 0.998. The first-order valence-electron chi connectivity index (χ1n) is 6.94. The van der Waals surface area contributed by atoms with Gasteiger partial charge in [-0.3, -0.25) is 14.3 Å². The summed E-state index contributed by atoms with van der Waals surface area (Å²) >= 11 is 0. The molecule has 110 valence electrons. The second-order valence-corrected chi connectivity index (χ2v) is 6.90. The van der Waals surface area contributed by atoms with E-state index in [1.807, 2.05) is 49.1 Å². The number of benzene rings is 1. The second-order valence-electron chi connectivity index (χ2n) is 5.35. The smallest absolute Gasteiger partial charge is 0.245 e. The summed E-state index contributed by atoms with van der Waals surface area (Å²) in [6, 6.07) is 9.62. The number of carbonyl (C=O) groups is 1. The zero-order valence-electron chi connectivity index (χ0n) is 12.2. The highest BCUT2D eigenvalue weighted by atomic mass is 32.2. The monoisotopic (exact) mass is 294 g/mol. The molecule has 0 aromatic heterocycles. The van der Waals surface area contributed by atoms with Gasteiger partial charge in [-0.2, -0.15) is 0 Å². The van der Waals surface area contributed by atoms with Crippen molar-refractivity contribution in [2.45, 2.75) is 38.5 Å². The lowest BCUT2D eigenvalue weighted by molar-refractivity contribution is -0.131. The van der Waals surface area contributed by atoms with E-state index in [0.717, 1.165) is 12.0 Å². The van der Waals surface area contributed by atoms with Crippen LogP contribution in [0, 0.1) is 0 Å². The maximum Gasteiger partial charge on any atom is 0.245 e. The van der Waals surface area contributed by atoms with E-state index in [1.54, 1.807) is 6.26 Å². The van der Waals surface area contributed by atoms with Crippen LogP contribution in [0.2, 0.25) is 0 Å². The number of amides is 1. The van der Waals surface area contributed by atoms with Gasteiger partial charge in [0.25, 0.3) is 0 Å². The van der Waals surface area contributed by atoms with Crippen molar-refractivity contribution >= 4 is 16.7 Å². The van der Waals surface area contributed by atoms with Crippen LogP contribution in [0.25, 0.3) is 0 Å². The first-order chi connectivity index (χ1) is 9.50. The lowest BCUT2D eigenvalue weighted by atomic mass is 10.1. The summed E-state index contributed by atoms with van der Waals surface area (Å²) in [5.74, 6) is 0.742. The number of hydrogen-bond donors (Lipinski definition) is 1. The van der Waals surface area contributed by atoms with Gasteiger partial charge in [0.1, 0.15) is 6.04 Å². The molecule has 1 amide bonds. The zero-order chi connectivity index (χ0) is 14.7. The minimum absolute atomic E-state index is 0.00741. The van der Waals surface area contributed by atoms with Crippen LogP contribution in [-0.2, 0) is 15.6 Å². The number of nitrogens with one attached hydrogen (secondary N) is 1. The molecule has 4 atom stereocenters. The Kier molecular flexibility index (Phi) is 4.94. The first-order valence-corrected chi connectivity index (χ1v) is 8.66. The van der Waals surface area contributed by atoms with E-state index < -0.39 is 10.8 Å². The molecule has 4 nitrogen and oxygen atoms in total. The zero-order valence-corrected chi connectivity index (χ0v) is 13.0. The van der Waals surface area contributed by atoms with E-state index >= 15 is 0 Å². The Hall–Kier alpha value is -1.20. The molecule has 1 aromatic carbocycles. The number of hydrogen-bond acceptors (Lipinski definition) is 3. The third-order valence-corrected chi connectivity index (χ3v) is 4.57. The fourth-order valence-electron chi connectivity index (χ4n) is 2.69. The quantitative estimate of drug-likeness (QED) is 0.898. The van der Waals surface area contributed by atoms with Crippen LogP contribution in [0.3, 0.4) is 0 Å². The Morgan fingerprint density at radius 2 is 2.00 bits per heavy atom. The summed E-state index contributed by atoms with van der Waals surface area (Å²) in [6.07, 6.45) is 2.48. The van der Waals surface area contributed by atoms with Gasteiger partial charge in [0.2, 0.25) is 5.91 Å². The molecule has 2 rings (SSSR count). The predicted molar refractivity (Wildman–Crippen MR) is 81.6 cm³/mol. The van der Waals surface area contributed by atoms with Crippen LogP contribution in [0.5, 0.6) is 0 Å². The molecule has 0 aliphatic carbocycles. The van der Waals surface area contributed by atoms with Gasteiger partial charge < -0.3 is 4.90 Å². The van der Waals surface area contributed by atoms with Crippen molar-refractivity contribution in [1.29, 1.82) is 0 Å². The molecule has 0 bridgehead atoms. The van der Waals surface area contributed by atoms with Crippen molar-refractivity contribution in [3.8, 4) is 0 Å². The standard InChI is InChI=1S/C15H22N2O2S/c1-11(9-10-20(3)19)17-12(2)16-14(15(17)18)13-7-5-4-6-8-13/h4-8,11-12,14,16H,9-10H2,1-3H3. The van der Waals surface area contributed by atoms with E-state index in [0.29, 0.717) is 5.75 Å². The molecule has 1 N–H and O–H groups in total. The molecule has 4 unspecified atom stereocenters. The van der Waals surface area contributed by atoms with Crippen LogP contribution in [0.15, 0.2) is 30.3 Å². The number of nitrogens with zero attached hydrogens (tertiary/aromatic N) is 1. The number of carbonyl (C=O) groups excluding carboxylic acids is 1. The van der Waals surface area contributed by atoms with Crippen molar-refractivity contribution in [2.24, 2.45) is 0 Å². The Bertz CT molecular complexity index is 492. The molecular formula is C15H22N2O2S. The minimum atomic E-state index is -0.812. The van der Waals surface area contributed by atoms with Gasteiger partial charge in [-0.1, -0.05) is 30.3 Å². The Morgan fingerprint density at radius 3 is 2.60 bits per heavy atom. The average Bonchev–Trinajstić information content (AvgIpc) is 2.72. The summed E-state index contributed by atoms with van der Waals surface area (Å²) in [6.45, 7) is 4.02. The summed E-state index contributed by atoms with van der Waals surface area (Å²) in [5, 5.41) is 3.34. The van der Waals surface area contributed by atoms with E-state index in [1.165, 1.54) is 0 Å². The maximum absolute atomic E-state index is 12.6. The number of rotatable bonds is 5. The van der Waals surface area contributed by atoms with E-state index in [4.69, 9.17) is 0 Å². The summed E-state index contributed by atoms with van der Waals surface area (Å²) in [7, 11) is -0.812.